The molecule has 0 heterocycles. The fourth-order valence-corrected chi connectivity index (χ4v) is 2.27. The van der Waals surface area contributed by atoms with Gasteiger partial charge in [0.1, 0.15) is 0 Å². The predicted octanol–water partition coefficient (Wildman–Crippen LogP) is -1.62. The molecular weight excluding hydrogens is 390 g/mol. The number of hydrogen-bond donors (Lipinski definition) is 3. The third-order valence-corrected chi connectivity index (χ3v) is 3.73. The first-order chi connectivity index (χ1) is 13.7. The van der Waals surface area contributed by atoms with E-state index in [4.69, 9.17) is 11.7 Å². The van der Waals surface area contributed by atoms with Crippen molar-refractivity contribution in [1.82, 2.24) is 15.2 Å². The second kappa shape index (κ2) is 10.3. The van der Waals surface area contributed by atoms with Crippen molar-refractivity contribution >= 4 is 30.3 Å². The number of imide groups is 1. The average Bonchev–Trinajstić information content (AvgIpc) is 2.70. The molecule has 0 aromatic heterocycles. The van der Waals surface area contributed by atoms with E-state index in [0.29, 0.717) is 11.2 Å². The lowest BCUT2D eigenvalue weighted by Crippen LogP contribution is -2.42. The number of carbonyl (C=O) groups excluding carboxylic acids is 4. The minimum absolute atomic E-state index is 0.0120. The number of amidine groups is 1. The lowest BCUT2D eigenvalue weighted by Gasteiger charge is -2.20. The zero-order valence-corrected chi connectivity index (χ0v) is 15.5. The topological polar surface area (TPSA) is 204 Å². The Morgan fingerprint density at radius 2 is 1.97 bits per heavy atom. The molecule has 1 aromatic rings. The van der Waals surface area contributed by atoms with Crippen molar-refractivity contribution in [2.45, 2.75) is 6.92 Å². The van der Waals surface area contributed by atoms with Crippen LogP contribution < -0.4 is 17.1 Å². The summed E-state index contributed by atoms with van der Waals surface area (Å²) in [5, 5.41) is 12.5. The number of hydrogen-bond acceptors (Lipinski definition) is 10. The van der Waals surface area contributed by atoms with Crippen LogP contribution in [-0.4, -0.2) is 65.6 Å². The Bertz CT molecular complexity index is 856. The molecule has 0 aliphatic heterocycles. The highest BCUT2D eigenvalue weighted by atomic mass is 17.0. The van der Waals surface area contributed by atoms with E-state index in [2.05, 4.69) is 15.4 Å². The number of aryl methyl sites for hydroxylation is 1. The van der Waals surface area contributed by atoms with Gasteiger partial charge in [-0.25, -0.2) is 5.84 Å². The molecule has 0 fully saturated rings. The van der Waals surface area contributed by atoms with E-state index in [1.54, 1.807) is 0 Å². The van der Waals surface area contributed by atoms with E-state index in [0.717, 1.165) is 11.0 Å². The van der Waals surface area contributed by atoms with E-state index in [1.165, 1.54) is 20.0 Å². The minimum Gasteiger partial charge on any atom is -0.334 e. The summed E-state index contributed by atoms with van der Waals surface area (Å²) in [6, 6.07) is 2.38. The molecular formula is C15H19N7O7. The Hall–Kier alpha value is -4.07. The number of rotatable bonds is 9. The molecule has 29 heavy (non-hydrogen) atoms. The summed E-state index contributed by atoms with van der Waals surface area (Å²) in [6.07, 6.45) is 0.470. The quantitative estimate of drug-likeness (QED) is 0.0808. The molecule has 14 heteroatoms. The first-order valence-electron chi connectivity index (χ1n) is 7.82. The second-order valence-corrected chi connectivity index (χ2v) is 5.62. The lowest BCUT2D eigenvalue weighted by atomic mass is 9.98. The van der Waals surface area contributed by atoms with E-state index in [1.807, 2.05) is 0 Å². The second-order valence-electron chi connectivity index (χ2n) is 5.62. The van der Waals surface area contributed by atoms with Crippen LogP contribution in [0, 0.1) is 17.0 Å². The van der Waals surface area contributed by atoms with Crippen molar-refractivity contribution in [2.24, 2.45) is 16.8 Å². The average molecular weight is 409 g/mol. The van der Waals surface area contributed by atoms with Gasteiger partial charge in [0.15, 0.2) is 18.9 Å². The monoisotopic (exact) mass is 409 g/mol. The van der Waals surface area contributed by atoms with Crippen molar-refractivity contribution in [1.29, 1.82) is 0 Å². The van der Waals surface area contributed by atoms with Crippen LogP contribution in [0.15, 0.2) is 17.2 Å². The van der Waals surface area contributed by atoms with Gasteiger partial charge in [0.25, 0.3) is 16.9 Å². The summed E-state index contributed by atoms with van der Waals surface area (Å²) < 4.78 is 0. The molecule has 3 amide bonds. The Balaban J connectivity index is 3.31. The first-order valence-corrected chi connectivity index (χ1v) is 7.82. The number of benzene rings is 1. The Kier molecular flexibility index (Phi) is 8.17. The summed E-state index contributed by atoms with van der Waals surface area (Å²) in [7, 11) is 1.38. The molecule has 0 spiro atoms. The molecule has 0 saturated carbocycles. The molecule has 0 aliphatic carbocycles. The third kappa shape index (κ3) is 5.70. The van der Waals surface area contributed by atoms with Gasteiger partial charge in [-0.15, -0.1) is 10.1 Å². The number of nitrogens with one attached hydrogen (secondary N) is 1. The maximum absolute atomic E-state index is 12.7. The largest absolute Gasteiger partial charge is 0.334 e. The molecule has 0 unspecified atom stereocenters. The standard InChI is InChI=1S/C15H19N7O7/c1-9-3-10(6-23)12(14(25)20(2)5-13(18-16)19-17)4-11(9)15(26)21(7-24)8-29-22(27)28/h3-4,6-7H,5,8,16-17H2,1-2H3,(H,18,19). The first kappa shape index (κ1) is 23.0. The molecule has 0 radical (unpaired) electrons. The van der Waals surface area contributed by atoms with Gasteiger partial charge in [0, 0.05) is 18.2 Å². The number of hydrazine groups is 1. The van der Waals surface area contributed by atoms with Gasteiger partial charge < -0.3 is 16.2 Å². The van der Waals surface area contributed by atoms with Crippen LogP contribution in [0.25, 0.3) is 0 Å². The molecule has 0 atom stereocenters. The molecule has 1 aromatic carbocycles. The van der Waals surface area contributed by atoms with E-state index >= 15 is 0 Å². The SMILES string of the molecule is Cc1cc(C=O)c(C(=O)N(C)C/C(=N/N)NN)cc1C(=O)N(C=O)CO[N+](=O)[O-]. The van der Waals surface area contributed by atoms with Crippen LogP contribution in [0.3, 0.4) is 0 Å². The Morgan fingerprint density at radius 3 is 2.45 bits per heavy atom. The molecule has 5 N–H and O–H groups in total. The van der Waals surface area contributed by atoms with Crippen molar-refractivity contribution in [3.8, 4) is 0 Å². The zero-order chi connectivity index (χ0) is 22.1. The molecule has 1 rings (SSSR count). The molecule has 0 bridgehead atoms. The van der Waals surface area contributed by atoms with Crippen LogP contribution in [0.5, 0.6) is 0 Å². The molecule has 0 aliphatic rings. The highest BCUT2D eigenvalue weighted by Gasteiger charge is 2.24. The van der Waals surface area contributed by atoms with E-state index in [-0.39, 0.29) is 41.0 Å². The van der Waals surface area contributed by atoms with Gasteiger partial charge in [-0.3, -0.25) is 28.9 Å². The Morgan fingerprint density at radius 1 is 1.31 bits per heavy atom. The number of hydrazone groups is 1. The lowest BCUT2D eigenvalue weighted by molar-refractivity contribution is -0.761. The fraction of sp³-hybridized carbons (Fsp3) is 0.267. The summed E-state index contributed by atoms with van der Waals surface area (Å²) in [5.74, 6) is 8.77. The smallest absolute Gasteiger partial charge is 0.296 e. The third-order valence-electron chi connectivity index (χ3n) is 3.73. The van der Waals surface area contributed by atoms with Crippen LogP contribution in [0.2, 0.25) is 0 Å². The van der Waals surface area contributed by atoms with Gasteiger partial charge in [-0.05, 0) is 24.6 Å². The number of carbonyl (C=O) groups is 4. The zero-order valence-electron chi connectivity index (χ0n) is 15.5. The Labute approximate surface area is 164 Å². The van der Waals surface area contributed by atoms with Gasteiger partial charge in [-0.2, -0.15) is 5.10 Å². The summed E-state index contributed by atoms with van der Waals surface area (Å²) >= 11 is 0. The van der Waals surface area contributed by atoms with Crippen LogP contribution in [0.1, 0.15) is 36.6 Å². The van der Waals surface area contributed by atoms with Crippen LogP contribution in [0.4, 0.5) is 0 Å². The number of nitrogens with two attached hydrogens (primary N) is 2. The maximum Gasteiger partial charge on any atom is 0.296 e. The van der Waals surface area contributed by atoms with Crippen molar-refractivity contribution in [3.63, 3.8) is 0 Å². The number of amides is 3. The normalized spacial score (nSPS) is 10.7. The predicted molar refractivity (Wildman–Crippen MR) is 97.7 cm³/mol. The fourth-order valence-electron chi connectivity index (χ4n) is 2.27. The number of nitrogens with zero attached hydrogens (tertiary/aromatic N) is 4. The molecule has 0 saturated heterocycles. The van der Waals surface area contributed by atoms with Crippen molar-refractivity contribution in [2.75, 3.05) is 20.3 Å². The van der Waals surface area contributed by atoms with E-state index in [9.17, 15) is 29.3 Å². The van der Waals surface area contributed by atoms with Gasteiger partial charge in [-0.1, -0.05) is 0 Å². The summed E-state index contributed by atoms with van der Waals surface area (Å²) in [5.41, 5.74) is 2.17. The maximum atomic E-state index is 12.7. The van der Waals surface area contributed by atoms with Crippen LogP contribution >= 0.6 is 0 Å². The van der Waals surface area contributed by atoms with Gasteiger partial charge in [0.2, 0.25) is 6.41 Å². The highest BCUT2D eigenvalue weighted by molar-refractivity contribution is 6.07. The summed E-state index contributed by atoms with van der Waals surface area (Å²) in [6.45, 7) is 0.400. The van der Waals surface area contributed by atoms with Crippen molar-refractivity contribution < 1.29 is 29.1 Å². The van der Waals surface area contributed by atoms with Gasteiger partial charge in [0.05, 0.1) is 12.1 Å². The van der Waals surface area contributed by atoms with Crippen LogP contribution in [-0.2, 0) is 9.63 Å². The molecule has 156 valence electrons. The number of likely N-dealkylation sites (N-methyl/N-ethyl adjacent to an activating group) is 1. The summed E-state index contributed by atoms with van der Waals surface area (Å²) in [4.78, 5) is 63.6. The molecule has 14 nitrogen and oxygen atoms in total. The van der Waals surface area contributed by atoms with Gasteiger partial charge >= 0.3 is 0 Å². The van der Waals surface area contributed by atoms with Crippen molar-refractivity contribution in [3.05, 3.63) is 44.5 Å². The highest BCUT2D eigenvalue weighted by Crippen LogP contribution is 2.19. The minimum atomic E-state index is -1.17. The number of aldehydes is 1. The van der Waals surface area contributed by atoms with E-state index < -0.39 is 23.6 Å².